The highest BCUT2D eigenvalue weighted by Gasteiger charge is 2.16. The first-order chi connectivity index (χ1) is 8.90. The molecule has 0 spiro atoms. The first-order valence-corrected chi connectivity index (χ1v) is 8.31. The molecule has 0 aliphatic heterocycles. The molecule has 0 bridgehead atoms. The zero-order chi connectivity index (χ0) is 14.4. The summed E-state index contributed by atoms with van der Waals surface area (Å²) in [5.41, 5.74) is 0. The summed E-state index contributed by atoms with van der Waals surface area (Å²) < 4.78 is 8.14. The second-order valence-electron chi connectivity index (χ2n) is 5.53. The minimum atomic E-state index is 0.177. The van der Waals surface area contributed by atoms with Gasteiger partial charge >= 0.3 is 0 Å². The van der Waals surface area contributed by atoms with Gasteiger partial charge in [0.15, 0.2) is 0 Å². The lowest BCUT2D eigenvalue weighted by molar-refractivity contribution is 0.147. The molecule has 1 aromatic carbocycles. The van der Waals surface area contributed by atoms with Gasteiger partial charge in [-0.2, -0.15) is 0 Å². The van der Waals surface area contributed by atoms with E-state index in [1.165, 1.54) is 0 Å². The van der Waals surface area contributed by atoms with Gasteiger partial charge in [0, 0.05) is 11.0 Å². The molecular formula is C15H23Br2NO. The number of rotatable bonds is 7. The van der Waals surface area contributed by atoms with Crippen LogP contribution < -0.4 is 10.1 Å². The molecule has 0 aliphatic carbocycles. The van der Waals surface area contributed by atoms with Crippen LogP contribution in [-0.2, 0) is 0 Å². The second-order valence-corrected chi connectivity index (χ2v) is 7.30. The molecule has 0 fully saturated rings. The van der Waals surface area contributed by atoms with Crippen molar-refractivity contribution in [3.8, 4) is 5.75 Å². The van der Waals surface area contributed by atoms with E-state index in [0.717, 1.165) is 27.8 Å². The minimum Gasteiger partial charge on any atom is -0.488 e. The number of ether oxygens (including phenoxy) is 1. The van der Waals surface area contributed by atoms with Gasteiger partial charge in [0.1, 0.15) is 11.9 Å². The molecule has 1 atom stereocenters. The van der Waals surface area contributed by atoms with Crippen LogP contribution in [-0.4, -0.2) is 19.2 Å². The van der Waals surface area contributed by atoms with E-state index in [4.69, 9.17) is 4.74 Å². The Kier molecular flexibility index (Phi) is 7.40. The molecule has 2 nitrogen and oxygen atoms in total. The highest BCUT2D eigenvalue weighted by Crippen LogP contribution is 2.29. The van der Waals surface area contributed by atoms with E-state index in [0.29, 0.717) is 11.8 Å². The van der Waals surface area contributed by atoms with Crippen LogP contribution in [0.2, 0.25) is 0 Å². The molecule has 108 valence electrons. The van der Waals surface area contributed by atoms with Crippen molar-refractivity contribution in [2.45, 2.75) is 33.8 Å². The number of halogens is 2. The normalized spacial score (nSPS) is 13.1. The van der Waals surface area contributed by atoms with E-state index >= 15 is 0 Å². The van der Waals surface area contributed by atoms with Gasteiger partial charge in [-0.15, -0.1) is 0 Å². The Balaban J connectivity index is 2.62. The lowest BCUT2D eigenvalue weighted by Crippen LogP contribution is -2.37. The number of hydrogen-bond donors (Lipinski definition) is 1. The number of benzene rings is 1. The van der Waals surface area contributed by atoms with E-state index in [1.54, 1.807) is 0 Å². The third-order valence-electron chi connectivity index (χ3n) is 2.81. The van der Waals surface area contributed by atoms with Gasteiger partial charge in [-0.25, -0.2) is 0 Å². The van der Waals surface area contributed by atoms with E-state index in [2.05, 4.69) is 64.9 Å². The quantitative estimate of drug-likeness (QED) is 0.715. The fourth-order valence-corrected chi connectivity index (χ4v) is 2.80. The molecular weight excluding hydrogens is 370 g/mol. The first-order valence-electron chi connectivity index (χ1n) is 6.72. The molecule has 0 aliphatic rings. The van der Waals surface area contributed by atoms with Gasteiger partial charge in [0.05, 0.1) is 4.47 Å². The van der Waals surface area contributed by atoms with E-state index in [9.17, 15) is 0 Å². The van der Waals surface area contributed by atoms with Gasteiger partial charge in [-0.3, -0.25) is 0 Å². The highest BCUT2D eigenvalue weighted by atomic mass is 79.9. The predicted octanol–water partition coefficient (Wildman–Crippen LogP) is 4.86. The van der Waals surface area contributed by atoms with E-state index in [-0.39, 0.29) is 6.10 Å². The van der Waals surface area contributed by atoms with Crippen molar-refractivity contribution in [1.82, 2.24) is 5.32 Å². The predicted molar refractivity (Wildman–Crippen MR) is 88.8 cm³/mol. The largest absolute Gasteiger partial charge is 0.488 e. The van der Waals surface area contributed by atoms with Crippen LogP contribution in [0.15, 0.2) is 27.1 Å². The molecule has 1 N–H and O–H groups in total. The van der Waals surface area contributed by atoms with Crippen LogP contribution in [0.25, 0.3) is 0 Å². The van der Waals surface area contributed by atoms with Crippen molar-refractivity contribution in [1.29, 1.82) is 0 Å². The Morgan fingerprint density at radius 1 is 1.11 bits per heavy atom. The fourth-order valence-electron chi connectivity index (χ4n) is 1.66. The molecule has 19 heavy (non-hydrogen) atoms. The Morgan fingerprint density at radius 3 is 2.32 bits per heavy atom. The maximum absolute atomic E-state index is 6.11. The summed E-state index contributed by atoms with van der Waals surface area (Å²) in [6.07, 6.45) is 0.177. The topological polar surface area (TPSA) is 21.3 Å². The smallest absolute Gasteiger partial charge is 0.134 e. The van der Waals surface area contributed by atoms with Crippen LogP contribution in [0.5, 0.6) is 5.75 Å². The average molecular weight is 393 g/mol. The Labute approximate surface area is 133 Å². The molecule has 0 saturated heterocycles. The van der Waals surface area contributed by atoms with E-state index < -0.39 is 0 Å². The standard InChI is InChI=1S/C15H23Br2NO/c1-10(2)8-18-9-15(11(3)4)19-14-6-5-12(16)7-13(14)17/h5-7,10-11,15,18H,8-9H2,1-4H3. The average Bonchev–Trinajstić information content (AvgIpc) is 2.30. The maximum atomic E-state index is 6.11. The van der Waals surface area contributed by atoms with Crippen LogP contribution in [0.1, 0.15) is 27.7 Å². The summed E-state index contributed by atoms with van der Waals surface area (Å²) >= 11 is 6.99. The van der Waals surface area contributed by atoms with Crippen molar-refractivity contribution in [3.05, 3.63) is 27.1 Å². The third-order valence-corrected chi connectivity index (χ3v) is 3.93. The van der Waals surface area contributed by atoms with Gasteiger partial charge in [-0.05, 0) is 52.5 Å². The summed E-state index contributed by atoms with van der Waals surface area (Å²) in [4.78, 5) is 0. The van der Waals surface area contributed by atoms with Gasteiger partial charge in [0.25, 0.3) is 0 Å². The van der Waals surface area contributed by atoms with Gasteiger partial charge < -0.3 is 10.1 Å². The van der Waals surface area contributed by atoms with Gasteiger partial charge in [0.2, 0.25) is 0 Å². The molecule has 1 rings (SSSR count). The summed E-state index contributed by atoms with van der Waals surface area (Å²) in [5.74, 6) is 2.02. The Hall–Kier alpha value is -0.0600. The zero-order valence-electron chi connectivity index (χ0n) is 12.0. The molecule has 1 aromatic rings. The van der Waals surface area contributed by atoms with Crippen LogP contribution in [0.3, 0.4) is 0 Å². The highest BCUT2D eigenvalue weighted by molar-refractivity contribution is 9.11. The molecule has 0 heterocycles. The lowest BCUT2D eigenvalue weighted by Gasteiger charge is -2.24. The lowest BCUT2D eigenvalue weighted by atomic mass is 10.1. The molecule has 0 radical (unpaired) electrons. The van der Waals surface area contributed by atoms with Crippen molar-refractivity contribution >= 4 is 31.9 Å². The summed E-state index contributed by atoms with van der Waals surface area (Å²) in [6.45, 7) is 10.7. The first kappa shape index (κ1) is 17.0. The summed E-state index contributed by atoms with van der Waals surface area (Å²) in [6, 6.07) is 6.00. The van der Waals surface area contributed by atoms with Crippen molar-refractivity contribution < 1.29 is 4.74 Å². The Morgan fingerprint density at radius 2 is 1.79 bits per heavy atom. The zero-order valence-corrected chi connectivity index (χ0v) is 15.2. The molecule has 1 unspecified atom stereocenters. The van der Waals surface area contributed by atoms with Crippen LogP contribution >= 0.6 is 31.9 Å². The van der Waals surface area contributed by atoms with Crippen LogP contribution in [0.4, 0.5) is 0 Å². The molecule has 0 saturated carbocycles. The monoisotopic (exact) mass is 391 g/mol. The number of hydrogen-bond acceptors (Lipinski definition) is 2. The van der Waals surface area contributed by atoms with Crippen molar-refractivity contribution in [3.63, 3.8) is 0 Å². The van der Waals surface area contributed by atoms with Gasteiger partial charge in [-0.1, -0.05) is 43.6 Å². The fraction of sp³-hybridized carbons (Fsp3) is 0.600. The third kappa shape index (κ3) is 6.28. The molecule has 4 heteroatoms. The van der Waals surface area contributed by atoms with Crippen molar-refractivity contribution in [2.24, 2.45) is 11.8 Å². The Bertz CT molecular complexity index is 394. The summed E-state index contributed by atoms with van der Waals surface area (Å²) in [7, 11) is 0. The SMILES string of the molecule is CC(C)CNCC(Oc1ccc(Br)cc1Br)C(C)C. The molecule has 0 amide bonds. The maximum Gasteiger partial charge on any atom is 0.134 e. The van der Waals surface area contributed by atoms with Crippen LogP contribution in [0, 0.1) is 11.8 Å². The minimum absolute atomic E-state index is 0.177. The summed E-state index contributed by atoms with van der Waals surface area (Å²) in [5, 5.41) is 3.47. The molecule has 0 aromatic heterocycles. The van der Waals surface area contributed by atoms with Crippen molar-refractivity contribution in [2.75, 3.05) is 13.1 Å². The number of nitrogens with one attached hydrogen (secondary N) is 1. The second kappa shape index (κ2) is 8.28. The van der Waals surface area contributed by atoms with E-state index in [1.807, 2.05) is 18.2 Å².